The van der Waals surface area contributed by atoms with E-state index in [2.05, 4.69) is 51.4 Å². The Bertz CT molecular complexity index is 1600. The number of hydrogen-bond acceptors (Lipinski definition) is 9. The second kappa shape index (κ2) is 12.4. The maximum absolute atomic E-state index is 13.0. The highest BCUT2D eigenvalue weighted by molar-refractivity contribution is 7.09. The summed E-state index contributed by atoms with van der Waals surface area (Å²) >= 11 is 1.23. The zero-order chi connectivity index (χ0) is 29.8. The van der Waals surface area contributed by atoms with Crippen molar-refractivity contribution in [1.82, 2.24) is 20.6 Å². The lowest BCUT2D eigenvalue weighted by atomic mass is 9.98. The summed E-state index contributed by atoms with van der Waals surface area (Å²) in [5.41, 5.74) is 4.77. The average molecular weight is 587 g/mol. The van der Waals surface area contributed by atoms with Crippen LogP contribution in [0.15, 0.2) is 71.0 Å². The predicted octanol–water partition coefficient (Wildman–Crippen LogP) is 5.87. The molecule has 0 fully saturated rings. The van der Waals surface area contributed by atoms with Crippen LogP contribution in [0.4, 0.5) is 4.79 Å². The van der Waals surface area contributed by atoms with E-state index in [0.29, 0.717) is 10.8 Å². The van der Waals surface area contributed by atoms with Gasteiger partial charge in [0.2, 0.25) is 5.89 Å². The number of alkyl carbamates (subject to hydrolysis) is 1. The molecule has 2 N–H and O–H groups in total. The van der Waals surface area contributed by atoms with Gasteiger partial charge in [0.1, 0.15) is 30.0 Å². The standard InChI is InChI=1S/C31H30N4O6S/c1-5-14-39-30(37)25-16-42-29(34-25)18(3)32-27(36)26-19(4)41-28(35-26)17(2)33-31(38)40-15-24-22-12-8-6-10-20(22)21-11-7-9-13-23(21)24/h5-13,16-18,24H,1,14-15H2,2-4H3,(H,32,36)(H,33,38)/t17-,18-/m0/s1. The Labute approximate surface area is 246 Å². The molecule has 10 nitrogen and oxygen atoms in total. The Kier molecular flexibility index (Phi) is 8.48. The van der Waals surface area contributed by atoms with Gasteiger partial charge in [0, 0.05) is 11.3 Å². The molecule has 2 heterocycles. The number of aryl methyl sites for hydroxylation is 1. The number of carbonyl (C=O) groups excluding carboxylic acids is 3. The molecule has 2 aromatic carbocycles. The highest BCUT2D eigenvalue weighted by Gasteiger charge is 2.30. The molecule has 0 saturated carbocycles. The second-order valence-electron chi connectivity index (χ2n) is 9.80. The van der Waals surface area contributed by atoms with Gasteiger partial charge in [-0.3, -0.25) is 4.79 Å². The summed E-state index contributed by atoms with van der Waals surface area (Å²) in [6, 6.07) is 15.1. The van der Waals surface area contributed by atoms with E-state index in [9.17, 15) is 14.4 Å². The van der Waals surface area contributed by atoms with Gasteiger partial charge in [-0.25, -0.2) is 19.6 Å². The monoisotopic (exact) mass is 586 g/mol. The van der Waals surface area contributed by atoms with Crippen molar-refractivity contribution in [3.05, 3.63) is 106 Å². The molecular formula is C31H30N4O6S. The van der Waals surface area contributed by atoms with Gasteiger partial charge in [-0.1, -0.05) is 61.2 Å². The summed E-state index contributed by atoms with van der Waals surface area (Å²) in [6.07, 6.45) is 0.850. The number of nitrogens with zero attached hydrogens (tertiary/aromatic N) is 2. The Morgan fingerprint density at radius 1 is 1.00 bits per heavy atom. The van der Waals surface area contributed by atoms with Crippen LogP contribution in [-0.4, -0.2) is 41.2 Å². The van der Waals surface area contributed by atoms with Crippen molar-refractivity contribution >= 4 is 29.3 Å². The van der Waals surface area contributed by atoms with Gasteiger partial charge >= 0.3 is 12.1 Å². The molecule has 2 atom stereocenters. The average Bonchev–Trinajstić information content (AvgIpc) is 3.71. The lowest BCUT2D eigenvalue weighted by Crippen LogP contribution is -2.29. The molecule has 1 aliphatic rings. The Hall–Kier alpha value is -4.77. The third-order valence-corrected chi connectivity index (χ3v) is 7.89. The predicted molar refractivity (Wildman–Crippen MR) is 156 cm³/mol. The van der Waals surface area contributed by atoms with Gasteiger partial charge < -0.3 is 24.5 Å². The van der Waals surface area contributed by atoms with E-state index in [-0.39, 0.29) is 36.4 Å². The summed E-state index contributed by atoms with van der Waals surface area (Å²) in [7, 11) is 0. The first-order valence-electron chi connectivity index (χ1n) is 13.4. The number of thiazole rings is 1. The molecule has 5 rings (SSSR count). The van der Waals surface area contributed by atoms with Crippen LogP contribution >= 0.6 is 11.3 Å². The molecule has 1 aliphatic carbocycles. The van der Waals surface area contributed by atoms with Crippen molar-refractivity contribution in [2.24, 2.45) is 0 Å². The van der Waals surface area contributed by atoms with E-state index in [1.165, 1.54) is 17.4 Å². The summed E-state index contributed by atoms with van der Waals surface area (Å²) in [4.78, 5) is 46.3. The van der Waals surface area contributed by atoms with Crippen LogP contribution in [0.25, 0.3) is 11.1 Å². The van der Waals surface area contributed by atoms with Gasteiger partial charge in [0.05, 0.1) is 6.04 Å². The lowest BCUT2D eigenvalue weighted by molar-refractivity contribution is 0.0543. The number of esters is 1. The molecule has 0 saturated heterocycles. The van der Waals surface area contributed by atoms with E-state index >= 15 is 0 Å². The van der Waals surface area contributed by atoms with Gasteiger partial charge in [0.15, 0.2) is 11.4 Å². The van der Waals surface area contributed by atoms with Gasteiger partial charge in [0.25, 0.3) is 5.91 Å². The van der Waals surface area contributed by atoms with Crippen LogP contribution in [-0.2, 0) is 9.47 Å². The lowest BCUT2D eigenvalue weighted by Gasteiger charge is -2.16. The Balaban J connectivity index is 1.17. The van der Waals surface area contributed by atoms with Crippen molar-refractivity contribution in [1.29, 1.82) is 0 Å². The molecule has 11 heteroatoms. The van der Waals surface area contributed by atoms with Crippen LogP contribution in [0.5, 0.6) is 0 Å². The largest absolute Gasteiger partial charge is 0.457 e. The number of amides is 2. The van der Waals surface area contributed by atoms with E-state index in [1.807, 2.05) is 24.3 Å². The van der Waals surface area contributed by atoms with Crippen molar-refractivity contribution in [2.45, 2.75) is 38.8 Å². The van der Waals surface area contributed by atoms with Crippen molar-refractivity contribution < 1.29 is 28.3 Å². The quantitative estimate of drug-likeness (QED) is 0.174. The number of fused-ring (bicyclic) bond motifs is 3. The van der Waals surface area contributed by atoms with Gasteiger partial charge in [-0.05, 0) is 43.0 Å². The zero-order valence-electron chi connectivity index (χ0n) is 23.4. The zero-order valence-corrected chi connectivity index (χ0v) is 24.2. The van der Waals surface area contributed by atoms with E-state index in [0.717, 1.165) is 22.3 Å². The summed E-state index contributed by atoms with van der Waals surface area (Å²) in [5.74, 6) is -0.643. The molecule has 2 aromatic heterocycles. The molecule has 0 spiro atoms. The first kappa shape index (κ1) is 28.7. The SMILES string of the molecule is C=CCOC(=O)c1csc([C@H](C)NC(=O)c2nc([C@H](C)NC(=O)OCC3c4ccccc4-c4ccccc43)oc2C)n1. The van der Waals surface area contributed by atoms with Crippen LogP contribution in [0, 0.1) is 6.92 Å². The molecule has 216 valence electrons. The normalized spacial score (nSPS) is 13.4. The maximum atomic E-state index is 13.0. The molecule has 0 bridgehead atoms. The third kappa shape index (κ3) is 5.96. The number of ether oxygens (including phenoxy) is 2. The minimum absolute atomic E-state index is 0.0635. The van der Waals surface area contributed by atoms with Gasteiger partial charge in [-0.15, -0.1) is 11.3 Å². The fourth-order valence-electron chi connectivity index (χ4n) is 4.81. The molecule has 0 aliphatic heterocycles. The number of nitrogens with one attached hydrogen (secondary N) is 2. The first-order valence-corrected chi connectivity index (χ1v) is 14.3. The minimum Gasteiger partial charge on any atom is -0.457 e. The summed E-state index contributed by atoms with van der Waals surface area (Å²) in [5, 5.41) is 7.65. The molecular weight excluding hydrogens is 556 g/mol. The summed E-state index contributed by atoms with van der Waals surface area (Å²) in [6.45, 7) is 8.82. The van der Waals surface area contributed by atoms with Gasteiger partial charge in [-0.2, -0.15) is 0 Å². The van der Waals surface area contributed by atoms with Crippen LogP contribution in [0.1, 0.15) is 80.6 Å². The molecule has 2 amide bonds. The fourth-order valence-corrected chi connectivity index (χ4v) is 5.60. The minimum atomic E-state index is -0.651. The molecule has 4 aromatic rings. The van der Waals surface area contributed by atoms with Crippen LogP contribution in [0.2, 0.25) is 0 Å². The highest BCUT2D eigenvalue weighted by Crippen LogP contribution is 2.44. The Morgan fingerprint density at radius 3 is 2.33 bits per heavy atom. The van der Waals surface area contributed by atoms with Crippen molar-refractivity contribution in [3.63, 3.8) is 0 Å². The van der Waals surface area contributed by atoms with Crippen LogP contribution in [0.3, 0.4) is 0 Å². The smallest absolute Gasteiger partial charge is 0.407 e. The molecule has 0 radical (unpaired) electrons. The van der Waals surface area contributed by atoms with Crippen LogP contribution < -0.4 is 10.6 Å². The van der Waals surface area contributed by atoms with Crippen molar-refractivity contribution in [3.8, 4) is 11.1 Å². The van der Waals surface area contributed by atoms with Crippen molar-refractivity contribution in [2.75, 3.05) is 13.2 Å². The van der Waals surface area contributed by atoms with E-state index in [1.54, 1.807) is 26.2 Å². The first-order chi connectivity index (χ1) is 20.3. The second-order valence-corrected chi connectivity index (χ2v) is 10.7. The van der Waals surface area contributed by atoms with E-state index < -0.39 is 30.1 Å². The maximum Gasteiger partial charge on any atom is 0.407 e. The molecule has 42 heavy (non-hydrogen) atoms. The number of rotatable bonds is 10. The highest BCUT2D eigenvalue weighted by atomic mass is 32.1. The number of hydrogen-bond donors (Lipinski definition) is 2. The number of aromatic nitrogens is 2. The molecule has 0 unspecified atom stereocenters. The van der Waals surface area contributed by atoms with E-state index in [4.69, 9.17) is 13.9 Å². The number of carbonyl (C=O) groups is 3. The third-order valence-electron chi connectivity index (χ3n) is 6.86. The number of oxazole rings is 1. The Morgan fingerprint density at radius 2 is 1.67 bits per heavy atom. The fraction of sp³-hybridized carbons (Fsp3) is 0.258. The topological polar surface area (TPSA) is 133 Å². The number of benzene rings is 2. The summed E-state index contributed by atoms with van der Waals surface area (Å²) < 4.78 is 16.3.